The van der Waals surface area contributed by atoms with Gasteiger partial charge in [0.15, 0.2) is 0 Å². The van der Waals surface area contributed by atoms with Crippen LogP contribution in [0.4, 0.5) is 10.5 Å². The summed E-state index contributed by atoms with van der Waals surface area (Å²) in [6.45, 7) is 2.91. The van der Waals surface area contributed by atoms with E-state index in [-0.39, 0.29) is 56.3 Å². The van der Waals surface area contributed by atoms with Gasteiger partial charge in [-0.25, -0.2) is 4.79 Å². The number of pyridine rings is 1. The molecule has 0 spiro atoms. The fourth-order valence-corrected chi connectivity index (χ4v) is 4.55. The van der Waals surface area contributed by atoms with E-state index in [9.17, 15) is 13.2 Å². The minimum Gasteiger partial charge on any atom is -0.489 e. The first-order valence-electron chi connectivity index (χ1n) is 11.8. The Morgan fingerprint density at radius 2 is 1.94 bits per heavy atom. The summed E-state index contributed by atoms with van der Waals surface area (Å²) in [6.07, 6.45) is 2.58. The molecule has 1 N–H and O–H groups in total. The topological polar surface area (TPSA) is 126 Å². The van der Waals surface area contributed by atoms with E-state index in [1.807, 2.05) is 6.92 Å². The SMILES string of the molecule is CCCOC(=O)N(c1c(OCCOC)cccc1OCC1CCCO1)S(=O)(=O)NCc1ccccn1. The molecule has 1 amide bonds. The number of carbonyl (C=O) groups is 1. The van der Waals surface area contributed by atoms with Crippen molar-refractivity contribution in [2.24, 2.45) is 0 Å². The smallest absolute Gasteiger partial charge is 0.429 e. The Balaban J connectivity index is 1.99. The predicted octanol–water partition coefficient (Wildman–Crippen LogP) is 3.05. The maximum absolute atomic E-state index is 13.5. The van der Waals surface area contributed by atoms with Gasteiger partial charge < -0.3 is 23.7 Å². The summed E-state index contributed by atoms with van der Waals surface area (Å²) in [7, 11) is -2.95. The van der Waals surface area contributed by atoms with Gasteiger partial charge in [-0.2, -0.15) is 17.4 Å². The molecule has 0 saturated carbocycles. The first kappa shape index (κ1) is 27.7. The lowest BCUT2D eigenvalue weighted by Crippen LogP contribution is -2.45. The van der Waals surface area contributed by atoms with Crippen LogP contribution in [-0.2, 0) is 31.0 Å². The van der Waals surface area contributed by atoms with Gasteiger partial charge in [0.2, 0.25) is 0 Å². The van der Waals surface area contributed by atoms with Crippen LogP contribution in [0.5, 0.6) is 11.5 Å². The number of para-hydroxylation sites is 1. The summed E-state index contributed by atoms with van der Waals surface area (Å²) in [5.74, 6) is 0.255. The summed E-state index contributed by atoms with van der Waals surface area (Å²) in [5, 5.41) is 0. The van der Waals surface area contributed by atoms with Crippen LogP contribution in [0, 0.1) is 0 Å². The normalized spacial score (nSPS) is 15.4. The highest BCUT2D eigenvalue weighted by molar-refractivity contribution is 7.91. The number of amides is 1. The Morgan fingerprint density at radius 3 is 2.61 bits per heavy atom. The van der Waals surface area contributed by atoms with Crippen LogP contribution in [0.15, 0.2) is 42.6 Å². The molecule has 0 radical (unpaired) electrons. The van der Waals surface area contributed by atoms with Gasteiger partial charge in [0.25, 0.3) is 0 Å². The largest absolute Gasteiger partial charge is 0.489 e. The Labute approximate surface area is 211 Å². The van der Waals surface area contributed by atoms with Crippen molar-refractivity contribution in [2.75, 3.05) is 44.4 Å². The van der Waals surface area contributed by atoms with Crippen molar-refractivity contribution in [1.82, 2.24) is 9.71 Å². The third kappa shape index (κ3) is 7.79. The first-order chi connectivity index (χ1) is 17.5. The number of carbonyl (C=O) groups excluding carboxylic acids is 1. The van der Waals surface area contributed by atoms with Gasteiger partial charge in [0, 0.05) is 19.9 Å². The number of hydrogen-bond donors (Lipinski definition) is 1. The van der Waals surface area contributed by atoms with E-state index in [2.05, 4.69) is 9.71 Å². The van der Waals surface area contributed by atoms with Crippen LogP contribution < -0.4 is 18.5 Å². The monoisotopic (exact) mass is 523 g/mol. The molecule has 2 aromatic rings. The van der Waals surface area contributed by atoms with Gasteiger partial charge in [-0.15, -0.1) is 0 Å². The molecule has 1 fully saturated rings. The molecular weight excluding hydrogens is 490 g/mol. The van der Waals surface area contributed by atoms with Gasteiger partial charge in [0.05, 0.1) is 31.6 Å². The van der Waals surface area contributed by atoms with Crippen molar-refractivity contribution in [3.05, 3.63) is 48.3 Å². The maximum Gasteiger partial charge on any atom is 0.429 e. The van der Waals surface area contributed by atoms with Crippen molar-refractivity contribution >= 4 is 22.0 Å². The van der Waals surface area contributed by atoms with Gasteiger partial charge in [-0.3, -0.25) is 4.98 Å². The fraction of sp³-hybridized carbons (Fsp3) is 0.500. The second-order valence-electron chi connectivity index (χ2n) is 7.92. The van der Waals surface area contributed by atoms with E-state index in [4.69, 9.17) is 23.7 Å². The molecule has 0 bridgehead atoms. The predicted molar refractivity (Wildman–Crippen MR) is 132 cm³/mol. The lowest BCUT2D eigenvalue weighted by molar-refractivity contribution is 0.0680. The van der Waals surface area contributed by atoms with E-state index in [0.717, 1.165) is 12.8 Å². The third-order valence-corrected chi connectivity index (χ3v) is 6.48. The van der Waals surface area contributed by atoms with E-state index in [1.54, 1.807) is 42.6 Å². The molecule has 1 aromatic heterocycles. The summed E-state index contributed by atoms with van der Waals surface area (Å²) < 4.78 is 57.7. The molecule has 36 heavy (non-hydrogen) atoms. The number of benzene rings is 1. The summed E-state index contributed by atoms with van der Waals surface area (Å²) >= 11 is 0. The van der Waals surface area contributed by atoms with E-state index in [0.29, 0.717) is 23.0 Å². The number of methoxy groups -OCH3 is 1. The van der Waals surface area contributed by atoms with Gasteiger partial charge in [0.1, 0.15) is 30.4 Å². The highest BCUT2D eigenvalue weighted by Crippen LogP contribution is 2.40. The zero-order valence-corrected chi connectivity index (χ0v) is 21.4. The van der Waals surface area contributed by atoms with Crippen molar-refractivity contribution in [3.63, 3.8) is 0 Å². The van der Waals surface area contributed by atoms with Crippen molar-refractivity contribution in [2.45, 2.75) is 38.8 Å². The highest BCUT2D eigenvalue weighted by atomic mass is 32.2. The second-order valence-corrected chi connectivity index (χ2v) is 9.52. The zero-order valence-electron chi connectivity index (χ0n) is 20.6. The summed E-state index contributed by atoms with van der Waals surface area (Å²) in [6, 6.07) is 9.90. The van der Waals surface area contributed by atoms with Crippen LogP contribution in [-0.4, -0.2) is 65.7 Å². The molecule has 3 rings (SSSR count). The average molecular weight is 524 g/mol. The van der Waals surface area contributed by atoms with Gasteiger partial charge in [-0.1, -0.05) is 19.1 Å². The molecule has 1 aromatic carbocycles. The lowest BCUT2D eigenvalue weighted by atomic mass is 10.2. The molecule has 12 heteroatoms. The number of nitrogens with one attached hydrogen (secondary N) is 1. The van der Waals surface area contributed by atoms with E-state index < -0.39 is 16.3 Å². The number of nitrogens with zero attached hydrogens (tertiary/aromatic N) is 2. The Hall–Kier alpha value is -2.93. The molecule has 1 aliphatic rings. The van der Waals surface area contributed by atoms with Crippen LogP contribution in [0.25, 0.3) is 0 Å². The Morgan fingerprint density at radius 1 is 1.14 bits per heavy atom. The quantitative estimate of drug-likeness (QED) is 0.372. The molecule has 1 aliphatic heterocycles. The Kier molecular flexibility index (Phi) is 10.7. The molecule has 0 aliphatic carbocycles. The van der Waals surface area contributed by atoms with E-state index in [1.165, 1.54) is 7.11 Å². The molecule has 1 atom stereocenters. The number of rotatable bonds is 14. The Bertz CT molecular complexity index is 1060. The summed E-state index contributed by atoms with van der Waals surface area (Å²) in [4.78, 5) is 17.3. The van der Waals surface area contributed by atoms with Gasteiger partial charge in [-0.05, 0) is 43.5 Å². The van der Waals surface area contributed by atoms with Crippen molar-refractivity contribution < 1.29 is 36.9 Å². The van der Waals surface area contributed by atoms with Gasteiger partial charge >= 0.3 is 16.3 Å². The maximum atomic E-state index is 13.5. The second kappa shape index (κ2) is 14.0. The van der Waals surface area contributed by atoms with Crippen LogP contribution in [0.3, 0.4) is 0 Å². The standard InChI is InChI=1S/C24H33N3O8S/c1-3-13-34-24(28)27(36(29,30)26-17-19-8-4-5-12-25-19)23-21(33-16-15-31-2)10-6-11-22(23)35-18-20-9-7-14-32-20/h4-6,8,10-12,20,26H,3,7,9,13-18H2,1-2H3. The molecule has 1 unspecified atom stereocenters. The number of ether oxygens (including phenoxy) is 5. The molecule has 1 saturated heterocycles. The molecule has 11 nitrogen and oxygen atoms in total. The third-order valence-electron chi connectivity index (χ3n) is 5.16. The number of hydrogen-bond acceptors (Lipinski definition) is 9. The lowest BCUT2D eigenvalue weighted by Gasteiger charge is -2.26. The summed E-state index contributed by atoms with van der Waals surface area (Å²) in [5.41, 5.74) is 0.378. The minimum absolute atomic E-state index is 0.0316. The fourth-order valence-electron chi connectivity index (χ4n) is 3.42. The highest BCUT2D eigenvalue weighted by Gasteiger charge is 2.36. The van der Waals surface area contributed by atoms with Crippen LogP contribution in [0.1, 0.15) is 31.9 Å². The molecule has 198 valence electrons. The minimum atomic E-state index is -4.47. The molecule has 2 heterocycles. The number of aromatic nitrogens is 1. The van der Waals surface area contributed by atoms with Crippen LogP contribution >= 0.6 is 0 Å². The number of anilines is 1. The van der Waals surface area contributed by atoms with Crippen LogP contribution in [0.2, 0.25) is 0 Å². The average Bonchev–Trinajstić information content (AvgIpc) is 3.41. The van der Waals surface area contributed by atoms with Crippen molar-refractivity contribution in [1.29, 1.82) is 0 Å². The molecular formula is C24H33N3O8S. The van der Waals surface area contributed by atoms with E-state index >= 15 is 0 Å². The zero-order chi connectivity index (χ0) is 25.8. The first-order valence-corrected chi connectivity index (χ1v) is 13.3. The van der Waals surface area contributed by atoms with Crippen molar-refractivity contribution in [3.8, 4) is 11.5 Å².